The van der Waals surface area contributed by atoms with Crippen molar-refractivity contribution >= 4 is 11.9 Å². The summed E-state index contributed by atoms with van der Waals surface area (Å²) in [5.74, 6) is -0.476. The number of carbonyl (C=O) groups is 2. The smallest absolute Gasteiger partial charge is 0.306 e. The Labute approximate surface area is 366 Å². The van der Waals surface area contributed by atoms with Crippen molar-refractivity contribution in [1.29, 1.82) is 0 Å². The first kappa shape index (κ1) is 57.1. The largest absolute Gasteiger partial charge is 0.462 e. The van der Waals surface area contributed by atoms with Crippen LogP contribution in [0.1, 0.15) is 265 Å². The van der Waals surface area contributed by atoms with Crippen LogP contribution < -0.4 is 5.32 Å². The van der Waals surface area contributed by atoms with Gasteiger partial charge >= 0.3 is 5.97 Å². The maximum Gasteiger partial charge on any atom is 0.306 e. The number of esters is 1. The summed E-state index contributed by atoms with van der Waals surface area (Å²) < 4.78 is 5.93. The Morgan fingerprint density at radius 3 is 1.37 bits per heavy atom. The Kier molecular flexibility index (Phi) is 45.6. The molecule has 59 heavy (non-hydrogen) atoms. The molecule has 1 amide bonds. The van der Waals surface area contributed by atoms with Crippen molar-refractivity contribution in [2.75, 3.05) is 6.61 Å². The molecule has 0 aromatic heterocycles. The molecule has 0 heterocycles. The van der Waals surface area contributed by atoms with E-state index in [0.29, 0.717) is 19.3 Å². The fourth-order valence-electron chi connectivity index (χ4n) is 7.90. The minimum absolute atomic E-state index is 0.0766. The predicted molar refractivity (Wildman–Crippen MR) is 255 cm³/mol. The third-order valence-corrected chi connectivity index (χ3v) is 11.8. The monoisotopic (exact) mass is 830 g/mol. The zero-order valence-corrected chi connectivity index (χ0v) is 39.4. The second-order valence-electron chi connectivity index (χ2n) is 17.6. The highest BCUT2D eigenvalue weighted by Gasteiger charge is 2.24. The Morgan fingerprint density at radius 1 is 0.508 bits per heavy atom. The van der Waals surface area contributed by atoms with Crippen LogP contribution >= 0.6 is 0 Å². The molecule has 3 unspecified atom stereocenters. The van der Waals surface area contributed by atoms with Crippen molar-refractivity contribution in [3.05, 3.63) is 36.5 Å². The van der Waals surface area contributed by atoms with E-state index in [4.69, 9.17) is 4.74 Å². The van der Waals surface area contributed by atoms with Crippen molar-refractivity contribution < 1.29 is 24.5 Å². The van der Waals surface area contributed by atoms with Gasteiger partial charge in [0.05, 0.1) is 25.2 Å². The van der Waals surface area contributed by atoms with Gasteiger partial charge < -0.3 is 20.3 Å². The third kappa shape index (κ3) is 42.6. The fourth-order valence-corrected chi connectivity index (χ4v) is 7.90. The van der Waals surface area contributed by atoms with Crippen LogP contribution in [0.15, 0.2) is 36.5 Å². The van der Waals surface area contributed by atoms with Gasteiger partial charge in [-0.25, -0.2) is 0 Å². The van der Waals surface area contributed by atoms with Gasteiger partial charge in [-0.3, -0.25) is 9.59 Å². The summed E-state index contributed by atoms with van der Waals surface area (Å²) in [6, 6.07) is -0.699. The Hall–Kier alpha value is -1.92. The van der Waals surface area contributed by atoms with E-state index in [0.717, 1.165) is 64.2 Å². The van der Waals surface area contributed by atoms with Crippen LogP contribution in [-0.2, 0) is 14.3 Å². The molecular weight excluding hydrogens is 731 g/mol. The van der Waals surface area contributed by atoms with Gasteiger partial charge in [-0.2, -0.15) is 0 Å². The molecule has 0 bridgehead atoms. The molecule has 0 spiro atoms. The number of hydrogen-bond donors (Lipinski definition) is 3. The maximum atomic E-state index is 13.2. The molecule has 0 aromatic carbocycles. The Bertz CT molecular complexity index is 977. The molecule has 0 aromatic rings. The predicted octanol–water partition coefficient (Wildman–Crippen LogP) is 15.3. The number of nitrogens with one attached hydrogen (secondary N) is 1. The fraction of sp³-hybridized carbons (Fsp3) is 0.849. The van der Waals surface area contributed by atoms with Gasteiger partial charge in [0, 0.05) is 6.42 Å². The van der Waals surface area contributed by atoms with E-state index in [1.165, 1.54) is 154 Å². The molecule has 0 rings (SSSR count). The van der Waals surface area contributed by atoms with Crippen LogP contribution in [0.25, 0.3) is 0 Å². The van der Waals surface area contributed by atoms with Crippen LogP contribution in [0.2, 0.25) is 0 Å². The van der Waals surface area contributed by atoms with E-state index in [1.54, 1.807) is 0 Å². The number of hydrogen-bond acceptors (Lipinski definition) is 5. The molecular formula is C53H99NO5. The molecule has 346 valence electrons. The lowest BCUT2D eigenvalue weighted by Crippen LogP contribution is -2.46. The van der Waals surface area contributed by atoms with E-state index in [-0.39, 0.29) is 24.9 Å². The minimum Gasteiger partial charge on any atom is -0.462 e. The number of rotatable bonds is 46. The van der Waals surface area contributed by atoms with Gasteiger partial charge in [-0.05, 0) is 44.9 Å². The number of aliphatic hydroxyl groups is 2. The summed E-state index contributed by atoms with van der Waals surface area (Å²) in [4.78, 5) is 26.1. The molecule has 0 saturated heterocycles. The summed E-state index contributed by atoms with van der Waals surface area (Å²) in [5, 5.41) is 23.7. The lowest BCUT2D eigenvalue weighted by atomic mass is 10.0. The number of unbranched alkanes of at least 4 members (excludes halogenated alkanes) is 30. The maximum absolute atomic E-state index is 13.2. The van der Waals surface area contributed by atoms with Crippen LogP contribution in [0, 0.1) is 0 Å². The highest BCUT2D eigenvalue weighted by Crippen LogP contribution is 2.18. The van der Waals surface area contributed by atoms with Gasteiger partial charge in [-0.15, -0.1) is 0 Å². The average Bonchev–Trinajstić information content (AvgIpc) is 3.23. The zero-order chi connectivity index (χ0) is 43.1. The van der Waals surface area contributed by atoms with Crippen molar-refractivity contribution in [1.82, 2.24) is 5.32 Å². The van der Waals surface area contributed by atoms with E-state index < -0.39 is 18.2 Å². The number of carbonyl (C=O) groups excluding carboxylic acids is 2. The Morgan fingerprint density at radius 2 is 0.915 bits per heavy atom. The van der Waals surface area contributed by atoms with Crippen LogP contribution in [0.5, 0.6) is 0 Å². The van der Waals surface area contributed by atoms with E-state index >= 15 is 0 Å². The van der Waals surface area contributed by atoms with Crippen molar-refractivity contribution in [3.63, 3.8) is 0 Å². The topological polar surface area (TPSA) is 95.9 Å². The standard InChI is InChI=1S/C53H99NO5/c1-4-7-10-13-16-19-22-24-26-28-30-32-35-38-41-44-49(59-53(58)46-43-40-37-34-31-29-27-25-23-20-17-14-11-8-5-2)47-52(57)54-50(48-55)51(56)45-42-39-36-33-21-18-15-12-9-6-3/h8,11,14,17,20,23,49-51,55-56H,4-7,9-10,12-13,15-16,18-19,21-22,24-48H2,1-3H3,(H,54,57)/b11-8+,17-14+,23-20+. The molecule has 0 fully saturated rings. The molecule has 6 heteroatoms. The summed E-state index contributed by atoms with van der Waals surface area (Å²) >= 11 is 0. The quantitative estimate of drug-likeness (QED) is 0.0323. The second kappa shape index (κ2) is 47.1. The molecule has 0 radical (unpaired) electrons. The van der Waals surface area contributed by atoms with E-state index in [1.807, 2.05) is 0 Å². The second-order valence-corrected chi connectivity index (χ2v) is 17.6. The molecule has 3 atom stereocenters. The molecule has 0 saturated carbocycles. The summed E-state index contributed by atoms with van der Waals surface area (Å²) in [7, 11) is 0. The van der Waals surface area contributed by atoms with Crippen LogP contribution in [-0.4, -0.2) is 46.9 Å². The van der Waals surface area contributed by atoms with Gasteiger partial charge in [0.2, 0.25) is 5.91 Å². The summed E-state index contributed by atoms with van der Waals surface area (Å²) in [5.41, 5.74) is 0. The van der Waals surface area contributed by atoms with Gasteiger partial charge in [0.25, 0.3) is 0 Å². The van der Waals surface area contributed by atoms with Crippen LogP contribution in [0.3, 0.4) is 0 Å². The number of aliphatic hydroxyl groups excluding tert-OH is 2. The molecule has 0 aliphatic carbocycles. The Balaban J connectivity index is 4.57. The summed E-state index contributed by atoms with van der Waals surface area (Å²) in [6.07, 6.45) is 54.9. The highest BCUT2D eigenvalue weighted by atomic mass is 16.5. The molecule has 6 nitrogen and oxygen atoms in total. The highest BCUT2D eigenvalue weighted by molar-refractivity contribution is 5.77. The van der Waals surface area contributed by atoms with Gasteiger partial charge in [0.1, 0.15) is 6.10 Å². The SMILES string of the molecule is CC/C=C/C=C/C=C/CCCCCCCCCC(=O)OC(CCCCCCCCCCCCCCCCC)CC(=O)NC(CO)C(O)CCCCCCCCCCCC. The minimum atomic E-state index is -0.785. The lowest BCUT2D eigenvalue weighted by molar-refractivity contribution is -0.151. The van der Waals surface area contributed by atoms with E-state index in [9.17, 15) is 19.8 Å². The lowest BCUT2D eigenvalue weighted by Gasteiger charge is -2.24. The summed E-state index contributed by atoms with van der Waals surface area (Å²) in [6.45, 7) is 6.36. The van der Waals surface area contributed by atoms with Crippen LogP contribution in [0.4, 0.5) is 0 Å². The molecule has 0 aliphatic heterocycles. The number of ether oxygens (including phenoxy) is 1. The number of allylic oxidation sites excluding steroid dienone is 6. The first-order valence-corrected chi connectivity index (χ1v) is 25.7. The normalized spacial score (nSPS) is 13.5. The van der Waals surface area contributed by atoms with Gasteiger partial charge in [0.15, 0.2) is 0 Å². The molecule has 3 N–H and O–H groups in total. The van der Waals surface area contributed by atoms with Crippen molar-refractivity contribution in [2.24, 2.45) is 0 Å². The van der Waals surface area contributed by atoms with Gasteiger partial charge in [-0.1, -0.05) is 243 Å². The first-order chi connectivity index (χ1) is 29.0. The first-order valence-electron chi connectivity index (χ1n) is 25.7. The number of amides is 1. The van der Waals surface area contributed by atoms with E-state index in [2.05, 4.69) is 62.5 Å². The third-order valence-electron chi connectivity index (χ3n) is 11.8. The zero-order valence-electron chi connectivity index (χ0n) is 39.4. The molecule has 0 aliphatic rings. The van der Waals surface area contributed by atoms with Crippen molar-refractivity contribution in [2.45, 2.75) is 283 Å². The average molecular weight is 830 g/mol. The van der Waals surface area contributed by atoms with Crippen molar-refractivity contribution in [3.8, 4) is 0 Å².